The lowest BCUT2D eigenvalue weighted by Gasteiger charge is -2.47. The Hall–Kier alpha value is -1.39. The maximum Gasteiger partial charge on any atom is 0.248 e. The number of benzene rings is 1. The molecule has 0 aromatic heterocycles. The molecule has 2 atom stereocenters. The minimum Gasteiger partial charge on any atom is -0.375 e. The molecule has 0 bridgehead atoms. The highest BCUT2D eigenvalue weighted by molar-refractivity contribution is 5.77. The number of ether oxygens (including phenoxy) is 1. The number of hydrogen-bond donors (Lipinski definition) is 1. The van der Waals surface area contributed by atoms with Gasteiger partial charge in [0.2, 0.25) is 5.91 Å². The zero-order valence-electron chi connectivity index (χ0n) is 14.3. The van der Waals surface area contributed by atoms with E-state index >= 15 is 0 Å². The Kier molecular flexibility index (Phi) is 5.02. The number of hydrogen-bond acceptors (Lipinski definition) is 3. The van der Waals surface area contributed by atoms with Gasteiger partial charge in [-0.2, -0.15) is 0 Å². The third-order valence-corrected chi connectivity index (χ3v) is 5.57. The number of nitrogens with zero attached hydrogens (tertiary/aromatic N) is 1. The fourth-order valence-electron chi connectivity index (χ4n) is 4.23. The monoisotopic (exact) mass is 316 g/mol. The topological polar surface area (TPSA) is 41.6 Å². The highest BCUT2D eigenvalue weighted by Gasteiger charge is 2.49. The Bertz CT molecular complexity index is 529. The van der Waals surface area contributed by atoms with E-state index in [0.717, 1.165) is 32.0 Å². The third-order valence-electron chi connectivity index (χ3n) is 5.57. The molecule has 3 rings (SSSR count). The molecule has 126 valence electrons. The second kappa shape index (κ2) is 7.02. The predicted octanol–water partition coefficient (Wildman–Crippen LogP) is 2.05. The van der Waals surface area contributed by atoms with Gasteiger partial charge in [0.05, 0.1) is 0 Å². The van der Waals surface area contributed by atoms with Crippen LogP contribution in [-0.2, 0) is 14.9 Å². The van der Waals surface area contributed by atoms with Crippen molar-refractivity contribution >= 4 is 5.91 Å². The molecule has 1 aliphatic heterocycles. The van der Waals surface area contributed by atoms with Gasteiger partial charge in [-0.1, -0.05) is 30.3 Å². The molecule has 4 nitrogen and oxygen atoms in total. The lowest BCUT2D eigenvalue weighted by Crippen LogP contribution is -2.55. The lowest BCUT2D eigenvalue weighted by atomic mass is 9.64. The number of piperidine rings is 1. The van der Waals surface area contributed by atoms with E-state index in [2.05, 4.69) is 35.6 Å². The van der Waals surface area contributed by atoms with Gasteiger partial charge in [0, 0.05) is 26.1 Å². The first kappa shape index (κ1) is 16.5. The van der Waals surface area contributed by atoms with E-state index in [4.69, 9.17) is 4.74 Å². The number of carbonyl (C=O) groups excluding carboxylic acids is 1. The summed E-state index contributed by atoms with van der Waals surface area (Å²) in [6.45, 7) is 3.02. The number of carbonyl (C=O) groups is 1. The molecule has 0 spiro atoms. The maximum atomic E-state index is 12.3. The van der Waals surface area contributed by atoms with Crippen molar-refractivity contribution in [3.63, 3.8) is 0 Å². The fraction of sp³-hybridized carbons (Fsp3) is 0.632. The van der Waals surface area contributed by atoms with Crippen LogP contribution in [0.3, 0.4) is 0 Å². The van der Waals surface area contributed by atoms with Gasteiger partial charge in [0.15, 0.2) is 0 Å². The van der Waals surface area contributed by atoms with Gasteiger partial charge < -0.3 is 15.0 Å². The molecular weight excluding hydrogens is 288 g/mol. The van der Waals surface area contributed by atoms with Crippen molar-refractivity contribution in [2.45, 2.75) is 24.7 Å². The summed E-state index contributed by atoms with van der Waals surface area (Å²) in [5.74, 6) is 1.47. The third kappa shape index (κ3) is 3.43. The average molecular weight is 316 g/mol. The van der Waals surface area contributed by atoms with Crippen LogP contribution in [0, 0.1) is 11.8 Å². The van der Waals surface area contributed by atoms with Crippen LogP contribution < -0.4 is 5.32 Å². The molecule has 1 amide bonds. The minimum absolute atomic E-state index is 0.0613. The first-order valence-corrected chi connectivity index (χ1v) is 8.66. The molecule has 23 heavy (non-hydrogen) atoms. The van der Waals surface area contributed by atoms with Crippen molar-refractivity contribution < 1.29 is 9.53 Å². The Morgan fingerprint density at radius 2 is 2.09 bits per heavy atom. The van der Waals surface area contributed by atoms with E-state index in [-0.39, 0.29) is 17.9 Å². The standard InChI is InChI=1S/C19H28N2O2/c1-21(18(22)13-23-2)14-19(16-6-4-3-5-7-16)10-11-20-12-17(19)15-8-9-15/h3-7,15,17,20H,8-14H2,1-2H3. The van der Waals surface area contributed by atoms with Crippen molar-refractivity contribution in [1.82, 2.24) is 10.2 Å². The smallest absolute Gasteiger partial charge is 0.248 e. The second-order valence-corrected chi connectivity index (χ2v) is 7.10. The van der Waals surface area contributed by atoms with E-state index < -0.39 is 0 Å². The zero-order chi connectivity index (χ0) is 16.3. The molecular formula is C19H28N2O2. The Morgan fingerprint density at radius 1 is 1.35 bits per heavy atom. The maximum absolute atomic E-state index is 12.3. The number of nitrogens with one attached hydrogen (secondary N) is 1. The predicted molar refractivity (Wildman–Crippen MR) is 91.3 cm³/mol. The van der Waals surface area contributed by atoms with Gasteiger partial charge in [-0.3, -0.25) is 4.79 Å². The molecule has 2 aliphatic rings. The van der Waals surface area contributed by atoms with E-state index in [1.54, 1.807) is 7.11 Å². The van der Waals surface area contributed by atoms with Crippen molar-refractivity contribution in [3.8, 4) is 0 Å². The first-order chi connectivity index (χ1) is 11.2. The lowest BCUT2D eigenvalue weighted by molar-refractivity contribution is -0.135. The normalized spacial score (nSPS) is 27.7. The van der Waals surface area contributed by atoms with Crippen LogP contribution in [-0.4, -0.2) is 51.2 Å². The summed E-state index contributed by atoms with van der Waals surface area (Å²) in [5, 5.41) is 3.58. The van der Waals surface area contributed by atoms with Crippen LogP contribution in [0.15, 0.2) is 30.3 Å². The molecule has 0 radical (unpaired) electrons. The molecule has 1 aromatic rings. The summed E-state index contributed by atoms with van der Waals surface area (Å²) >= 11 is 0. The van der Waals surface area contributed by atoms with Crippen molar-refractivity contribution in [2.24, 2.45) is 11.8 Å². The van der Waals surface area contributed by atoms with Crippen LogP contribution in [0.4, 0.5) is 0 Å². The van der Waals surface area contributed by atoms with Crippen molar-refractivity contribution in [1.29, 1.82) is 0 Å². The number of methoxy groups -OCH3 is 1. The zero-order valence-corrected chi connectivity index (χ0v) is 14.3. The van der Waals surface area contributed by atoms with Crippen molar-refractivity contribution in [3.05, 3.63) is 35.9 Å². The number of amides is 1. The molecule has 1 N–H and O–H groups in total. The summed E-state index contributed by atoms with van der Waals surface area (Å²) in [6, 6.07) is 10.8. The largest absolute Gasteiger partial charge is 0.375 e. The van der Waals surface area contributed by atoms with Gasteiger partial charge in [-0.25, -0.2) is 0 Å². The van der Waals surface area contributed by atoms with Crippen LogP contribution in [0.5, 0.6) is 0 Å². The first-order valence-electron chi connectivity index (χ1n) is 8.66. The molecule has 1 saturated carbocycles. The van der Waals surface area contributed by atoms with Gasteiger partial charge in [-0.05, 0) is 49.8 Å². The number of rotatable bonds is 6. The van der Waals surface area contributed by atoms with Gasteiger partial charge in [0.1, 0.15) is 6.61 Å². The Morgan fingerprint density at radius 3 is 2.74 bits per heavy atom. The van der Waals surface area contributed by atoms with Crippen LogP contribution >= 0.6 is 0 Å². The van der Waals surface area contributed by atoms with Crippen LogP contribution in [0.2, 0.25) is 0 Å². The summed E-state index contributed by atoms with van der Waals surface area (Å²) in [5.41, 5.74) is 1.45. The van der Waals surface area contributed by atoms with E-state index in [9.17, 15) is 4.79 Å². The molecule has 2 fully saturated rings. The number of likely N-dealkylation sites (N-methyl/N-ethyl adjacent to an activating group) is 1. The molecule has 2 unspecified atom stereocenters. The van der Waals surface area contributed by atoms with Crippen molar-refractivity contribution in [2.75, 3.05) is 40.4 Å². The highest BCUT2D eigenvalue weighted by Crippen LogP contribution is 2.50. The van der Waals surface area contributed by atoms with E-state index in [1.807, 2.05) is 11.9 Å². The van der Waals surface area contributed by atoms with E-state index in [0.29, 0.717) is 5.92 Å². The fourth-order valence-corrected chi connectivity index (χ4v) is 4.23. The SMILES string of the molecule is COCC(=O)N(C)CC1(c2ccccc2)CCNCC1C1CC1. The second-order valence-electron chi connectivity index (χ2n) is 7.10. The van der Waals surface area contributed by atoms with Crippen LogP contribution in [0.1, 0.15) is 24.8 Å². The minimum atomic E-state index is 0.0613. The Balaban J connectivity index is 1.91. The molecule has 4 heteroatoms. The summed E-state index contributed by atoms with van der Waals surface area (Å²) in [4.78, 5) is 14.1. The highest BCUT2D eigenvalue weighted by atomic mass is 16.5. The quantitative estimate of drug-likeness (QED) is 0.873. The Labute approximate surface area is 139 Å². The van der Waals surface area contributed by atoms with Gasteiger partial charge in [0.25, 0.3) is 0 Å². The van der Waals surface area contributed by atoms with E-state index in [1.165, 1.54) is 18.4 Å². The van der Waals surface area contributed by atoms with Gasteiger partial charge >= 0.3 is 0 Å². The average Bonchev–Trinajstić information content (AvgIpc) is 3.41. The molecule has 1 saturated heterocycles. The summed E-state index contributed by atoms with van der Waals surface area (Å²) in [7, 11) is 3.49. The summed E-state index contributed by atoms with van der Waals surface area (Å²) < 4.78 is 5.04. The van der Waals surface area contributed by atoms with Gasteiger partial charge in [-0.15, -0.1) is 0 Å². The molecule has 1 aliphatic carbocycles. The summed E-state index contributed by atoms with van der Waals surface area (Å²) in [6.07, 6.45) is 3.75. The molecule has 1 heterocycles. The van der Waals surface area contributed by atoms with Crippen LogP contribution in [0.25, 0.3) is 0 Å². The molecule has 1 aromatic carbocycles.